The molecule has 0 saturated heterocycles. The van der Waals surface area contributed by atoms with Crippen molar-refractivity contribution in [3.05, 3.63) is 23.8 Å². The molecule has 1 fully saturated rings. The first-order valence-corrected chi connectivity index (χ1v) is 24.6. The van der Waals surface area contributed by atoms with Crippen LogP contribution in [0.2, 0.25) is 0 Å². The highest BCUT2D eigenvalue weighted by molar-refractivity contribution is 5.88. The van der Waals surface area contributed by atoms with Gasteiger partial charge in [-0.3, -0.25) is 0 Å². The molecule has 0 unspecified atom stereocenters. The Labute approximate surface area is 347 Å². The maximum atomic E-state index is 12.9. The summed E-state index contributed by atoms with van der Waals surface area (Å²) in [6, 6.07) is 4.04. The van der Waals surface area contributed by atoms with E-state index in [2.05, 4.69) is 20.8 Å². The van der Waals surface area contributed by atoms with Gasteiger partial charge in [-0.05, 0) is 63.2 Å². The summed E-state index contributed by atoms with van der Waals surface area (Å²) in [4.78, 5) is 12.9. The standard InChI is InChI=1S/C51H90O5/c1-4-7-10-13-16-19-22-25-28-34-43-53-48-41-39-46(40-42-49(52)56-47-37-32-31-33-38-47)50(54-44-35-29-26-23-20-17-14-11-8-5-2)51(48)55-45-36-30-27-24-21-18-15-12-9-6-3/h39-42,47H,4-38,43-45H2,1-3H3. The molecule has 1 aliphatic rings. The third-order valence-corrected chi connectivity index (χ3v) is 11.6. The molecule has 2 rings (SSSR count). The number of rotatable bonds is 39. The van der Waals surface area contributed by atoms with Gasteiger partial charge < -0.3 is 18.9 Å². The zero-order chi connectivity index (χ0) is 40.0. The van der Waals surface area contributed by atoms with Gasteiger partial charge in [-0.2, -0.15) is 0 Å². The summed E-state index contributed by atoms with van der Waals surface area (Å²) in [5.41, 5.74) is 0.849. The fourth-order valence-electron chi connectivity index (χ4n) is 7.93. The fraction of sp³-hybridized carbons (Fsp3) is 0.824. The zero-order valence-corrected chi connectivity index (χ0v) is 37.3. The summed E-state index contributed by atoms with van der Waals surface area (Å²) in [6.07, 6.45) is 47.7. The van der Waals surface area contributed by atoms with E-state index in [-0.39, 0.29) is 12.1 Å². The minimum atomic E-state index is -0.272. The average Bonchev–Trinajstić information content (AvgIpc) is 3.21. The van der Waals surface area contributed by atoms with Gasteiger partial charge in [0.1, 0.15) is 6.10 Å². The number of benzene rings is 1. The van der Waals surface area contributed by atoms with E-state index in [4.69, 9.17) is 18.9 Å². The highest BCUT2D eigenvalue weighted by Crippen LogP contribution is 2.42. The van der Waals surface area contributed by atoms with Crippen LogP contribution in [0.4, 0.5) is 0 Å². The van der Waals surface area contributed by atoms with Crippen LogP contribution in [-0.2, 0) is 9.53 Å². The minimum absolute atomic E-state index is 0.0366. The highest BCUT2D eigenvalue weighted by atomic mass is 16.5. The molecule has 1 aromatic rings. The molecule has 0 heterocycles. The summed E-state index contributed by atoms with van der Waals surface area (Å²) in [5, 5.41) is 0. The van der Waals surface area contributed by atoms with Crippen molar-refractivity contribution in [2.75, 3.05) is 19.8 Å². The normalized spacial score (nSPS) is 13.4. The molecule has 1 aliphatic carbocycles. The van der Waals surface area contributed by atoms with Crippen LogP contribution in [0.5, 0.6) is 17.2 Å². The van der Waals surface area contributed by atoms with Gasteiger partial charge in [0.2, 0.25) is 5.75 Å². The van der Waals surface area contributed by atoms with Crippen molar-refractivity contribution >= 4 is 12.0 Å². The van der Waals surface area contributed by atoms with Crippen LogP contribution in [0.25, 0.3) is 6.08 Å². The molecule has 324 valence electrons. The van der Waals surface area contributed by atoms with Crippen LogP contribution in [0.3, 0.4) is 0 Å². The number of hydrogen-bond acceptors (Lipinski definition) is 5. The third kappa shape index (κ3) is 26.7. The monoisotopic (exact) mass is 783 g/mol. The van der Waals surface area contributed by atoms with Gasteiger partial charge in [0.15, 0.2) is 11.5 Å². The lowest BCUT2D eigenvalue weighted by atomic mass is 9.98. The van der Waals surface area contributed by atoms with Gasteiger partial charge in [0.25, 0.3) is 0 Å². The smallest absolute Gasteiger partial charge is 0.331 e. The summed E-state index contributed by atoms with van der Waals surface area (Å²) < 4.78 is 25.5. The lowest BCUT2D eigenvalue weighted by Gasteiger charge is -2.21. The topological polar surface area (TPSA) is 54.0 Å². The van der Waals surface area contributed by atoms with Crippen LogP contribution < -0.4 is 14.2 Å². The molecule has 0 radical (unpaired) electrons. The van der Waals surface area contributed by atoms with Crippen molar-refractivity contribution in [2.45, 2.75) is 252 Å². The lowest BCUT2D eigenvalue weighted by molar-refractivity contribution is -0.144. The molecule has 1 saturated carbocycles. The van der Waals surface area contributed by atoms with Crippen molar-refractivity contribution in [1.82, 2.24) is 0 Å². The lowest BCUT2D eigenvalue weighted by Crippen LogP contribution is -2.19. The van der Waals surface area contributed by atoms with Gasteiger partial charge in [-0.15, -0.1) is 0 Å². The largest absolute Gasteiger partial charge is 0.490 e. The van der Waals surface area contributed by atoms with E-state index in [9.17, 15) is 4.79 Å². The maximum absolute atomic E-state index is 12.9. The quantitative estimate of drug-likeness (QED) is 0.0378. The van der Waals surface area contributed by atoms with Crippen molar-refractivity contribution < 1.29 is 23.7 Å². The molecular weight excluding hydrogens is 693 g/mol. The molecule has 56 heavy (non-hydrogen) atoms. The van der Waals surface area contributed by atoms with E-state index in [1.54, 1.807) is 6.08 Å². The molecule has 0 aromatic heterocycles. The van der Waals surface area contributed by atoms with Crippen LogP contribution in [0.1, 0.15) is 251 Å². The third-order valence-electron chi connectivity index (χ3n) is 11.6. The zero-order valence-electron chi connectivity index (χ0n) is 37.3. The Balaban J connectivity index is 2.04. The van der Waals surface area contributed by atoms with Crippen molar-refractivity contribution in [1.29, 1.82) is 0 Å². The van der Waals surface area contributed by atoms with E-state index in [0.29, 0.717) is 31.3 Å². The predicted molar refractivity (Wildman–Crippen MR) is 240 cm³/mol. The average molecular weight is 783 g/mol. The molecule has 0 N–H and O–H groups in total. The second kappa shape index (κ2) is 37.1. The van der Waals surface area contributed by atoms with Crippen molar-refractivity contribution in [2.24, 2.45) is 0 Å². The number of ether oxygens (including phenoxy) is 4. The first-order valence-electron chi connectivity index (χ1n) is 24.6. The van der Waals surface area contributed by atoms with E-state index < -0.39 is 0 Å². The highest BCUT2D eigenvalue weighted by Gasteiger charge is 2.19. The molecule has 0 aliphatic heterocycles. The number of carbonyl (C=O) groups excluding carboxylic acids is 1. The molecule has 5 nitrogen and oxygen atoms in total. The first-order chi connectivity index (χ1) is 27.7. The molecule has 0 atom stereocenters. The van der Waals surface area contributed by atoms with Gasteiger partial charge >= 0.3 is 5.97 Å². The molecule has 5 heteroatoms. The Bertz CT molecular complexity index is 1060. The Hall–Kier alpha value is -2.17. The molecule has 0 amide bonds. The molecule has 0 spiro atoms. The summed E-state index contributed by atoms with van der Waals surface area (Å²) in [5.74, 6) is 1.89. The SMILES string of the molecule is CCCCCCCCCCCCOc1ccc(C=CC(=O)OC2CCCCC2)c(OCCCCCCCCCCCC)c1OCCCCCCCCCCCC. The Morgan fingerprint density at radius 3 is 1.29 bits per heavy atom. The van der Waals surface area contributed by atoms with Gasteiger partial charge in [-0.25, -0.2) is 4.79 Å². The summed E-state index contributed by atoms with van der Waals surface area (Å²) >= 11 is 0. The van der Waals surface area contributed by atoms with Crippen LogP contribution in [-0.4, -0.2) is 31.9 Å². The van der Waals surface area contributed by atoms with Crippen LogP contribution in [0, 0.1) is 0 Å². The van der Waals surface area contributed by atoms with Gasteiger partial charge in [0, 0.05) is 11.6 Å². The fourth-order valence-corrected chi connectivity index (χ4v) is 7.93. The molecule has 1 aromatic carbocycles. The molecule has 0 bridgehead atoms. The minimum Gasteiger partial charge on any atom is -0.490 e. The summed E-state index contributed by atoms with van der Waals surface area (Å²) in [7, 11) is 0. The Kier molecular flexibility index (Phi) is 33.1. The van der Waals surface area contributed by atoms with E-state index in [1.165, 1.54) is 173 Å². The first kappa shape index (κ1) is 50.0. The number of unbranched alkanes of at least 4 members (excludes halogenated alkanes) is 27. The summed E-state index contributed by atoms with van der Waals surface area (Å²) in [6.45, 7) is 8.78. The maximum Gasteiger partial charge on any atom is 0.331 e. The second-order valence-corrected chi connectivity index (χ2v) is 16.9. The van der Waals surface area contributed by atoms with Crippen LogP contribution >= 0.6 is 0 Å². The number of hydrogen-bond donors (Lipinski definition) is 0. The van der Waals surface area contributed by atoms with Gasteiger partial charge in [0.05, 0.1) is 19.8 Å². The number of carbonyl (C=O) groups is 1. The van der Waals surface area contributed by atoms with Gasteiger partial charge in [-0.1, -0.05) is 201 Å². The number of esters is 1. The second-order valence-electron chi connectivity index (χ2n) is 16.9. The van der Waals surface area contributed by atoms with Crippen molar-refractivity contribution in [3.63, 3.8) is 0 Å². The Morgan fingerprint density at radius 1 is 0.482 bits per heavy atom. The Morgan fingerprint density at radius 2 is 0.857 bits per heavy atom. The molecular formula is C51H90O5. The van der Waals surface area contributed by atoms with E-state index in [0.717, 1.165) is 62.7 Å². The van der Waals surface area contributed by atoms with E-state index in [1.807, 2.05) is 18.2 Å². The van der Waals surface area contributed by atoms with E-state index >= 15 is 0 Å². The van der Waals surface area contributed by atoms with Crippen molar-refractivity contribution in [3.8, 4) is 17.2 Å². The predicted octanol–water partition coefficient (Wildman–Crippen LogP) is 16.5. The van der Waals surface area contributed by atoms with Crippen LogP contribution in [0.15, 0.2) is 18.2 Å².